The first-order chi connectivity index (χ1) is 8.65. The van der Waals surface area contributed by atoms with Crippen LogP contribution in [-0.2, 0) is 9.53 Å². The zero-order chi connectivity index (χ0) is 13.0. The third-order valence-electron chi connectivity index (χ3n) is 4.18. The molecule has 4 nitrogen and oxygen atoms in total. The van der Waals surface area contributed by atoms with Crippen molar-refractivity contribution >= 4 is 5.91 Å². The Balaban J connectivity index is 1.93. The van der Waals surface area contributed by atoms with E-state index in [2.05, 4.69) is 18.3 Å². The second kappa shape index (κ2) is 5.71. The Morgan fingerprint density at radius 1 is 1.33 bits per heavy atom. The quantitative estimate of drug-likeness (QED) is 0.816. The van der Waals surface area contributed by atoms with Crippen LogP contribution in [0.5, 0.6) is 0 Å². The number of rotatable bonds is 2. The molecule has 1 aliphatic heterocycles. The van der Waals surface area contributed by atoms with Gasteiger partial charge in [-0.3, -0.25) is 4.79 Å². The van der Waals surface area contributed by atoms with Crippen molar-refractivity contribution in [1.29, 1.82) is 5.26 Å². The summed E-state index contributed by atoms with van der Waals surface area (Å²) in [5.41, 5.74) is -0.648. The largest absolute Gasteiger partial charge is 0.368 e. The molecule has 0 aromatic rings. The maximum Gasteiger partial charge on any atom is 0.250 e. The first-order valence-electron chi connectivity index (χ1n) is 7.00. The van der Waals surface area contributed by atoms with E-state index < -0.39 is 5.54 Å². The number of nitriles is 1. The summed E-state index contributed by atoms with van der Waals surface area (Å²) in [6.45, 7) is 2.86. The van der Waals surface area contributed by atoms with Crippen molar-refractivity contribution < 1.29 is 9.53 Å². The van der Waals surface area contributed by atoms with Gasteiger partial charge in [-0.05, 0) is 50.9 Å². The van der Waals surface area contributed by atoms with E-state index in [1.165, 1.54) is 0 Å². The number of ether oxygens (including phenoxy) is 1. The van der Waals surface area contributed by atoms with E-state index in [0.29, 0.717) is 12.5 Å². The molecule has 18 heavy (non-hydrogen) atoms. The van der Waals surface area contributed by atoms with Gasteiger partial charge in [-0.2, -0.15) is 5.26 Å². The maximum absolute atomic E-state index is 12.1. The number of hydrogen-bond donors (Lipinski definition) is 1. The predicted molar refractivity (Wildman–Crippen MR) is 67.7 cm³/mol. The second-order valence-electron chi connectivity index (χ2n) is 5.72. The molecular weight excluding hydrogens is 228 g/mol. The highest BCUT2D eigenvalue weighted by Crippen LogP contribution is 2.31. The fraction of sp³-hybridized carbons (Fsp3) is 0.857. The zero-order valence-electron chi connectivity index (χ0n) is 11.1. The van der Waals surface area contributed by atoms with Crippen LogP contribution in [-0.4, -0.2) is 24.2 Å². The van der Waals surface area contributed by atoms with Crippen LogP contribution in [0.15, 0.2) is 0 Å². The molecule has 1 saturated carbocycles. The standard InChI is InChI=1S/C14H22N2O2/c1-11-5-7-14(10-15,8-6-11)16-13(17)12-4-2-3-9-18-12/h11-12H,2-9H2,1H3,(H,16,17). The molecule has 0 radical (unpaired) electrons. The normalized spacial score (nSPS) is 36.7. The lowest BCUT2D eigenvalue weighted by Gasteiger charge is -2.35. The van der Waals surface area contributed by atoms with Crippen molar-refractivity contribution in [2.45, 2.75) is 63.5 Å². The SMILES string of the molecule is CC1CCC(C#N)(NC(=O)C2CCCCO2)CC1. The van der Waals surface area contributed by atoms with Crippen molar-refractivity contribution in [3.63, 3.8) is 0 Å². The van der Waals surface area contributed by atoms with Crippen LogP contribution in [0.2, 0.25) is 0 Å². The minimum absolute atomic E-state index is 0.0918. The molecule has 2 rings (SSSR count). The number of hydrogen-bond acceptors (Lipinski definition) is 3. The number of amides is 1. The maximum atomic E-state index is 12.1. The van der Waals surface area contributed by atoms with Gasteiger partial charge in [-0.15, -0.1) is 0 Å². The molecule has 0 spiro atoms. The van der Waals surface area contributed by atoms with E-state index in [4.69, 9.17) is 4.74 Å². The van der Waals surface area contributed by atoms with E-state index in [1.54, 1.807) is 0 Å². The smallest absolute Gasteiger partial charge is 0.250 e. The van der Waals surface area contributed by atoms with Crippen molar-refractivity contribution in [3.8, 4) is 6.07 Å². The van der Waals surface area contributed by atoms with E-state index in [0.717, 1.165) is 44.9 Å². The highest BCUT2D eigenvalue weighted by molar-refractivity contribution is 5.82. The molecule has 1 unspecified atom stereocenters. The summed E-state index contributed by atoms with van der Waals surface area (Å²) in [5, 5.41) is 12.3. The minimum Gasteiger partial charge on any atom is -0.368 e. The molecule has 0 bridgehead atoms. The van der Waals surface area contributed by atoms with E-state index >= 15 is 0 Å². The minimum atomic E-state index is -0.648. The van der Waals surface area contributed by atoms with Crippen LogP contribution in [0.1, 0.15) is 51.9 Å². The number of nitrogens with zero attached hydrogens (tertiary/aromatic N) is 1. The van der Waals surface area contributed by atoms with Crippen LogP contribution in [0, 0.1) is 17.2 Å². The zero-order valence-corrected chi connectivity index (χ0v) is 11.1. The number of carbonyl (C=O) groups excluding carboxylic acids is 1. The summed E-state index contributed by atoms with van der Waals surface area (Å²) in [5.74, 6) is 0.570. The van der Waals surface area contributed by atoms with E-state index in [9.17, 15) is 10.1 Å². The van der Waals surface area contributed by atoms with Crippen LogP contribution in [0.25, 0.3) is 0 Å². The van der Waals surface area contributed by atoms with Crippen molar-refractivity contribution in [3.05, 3.63) is 0 Å². The van der Waals surface area contributed by atoms with Crippen LogP contribution < -0.4 is 5.32 Å². The van der Waals surface area contributed by atoms with Crippen molar-refractivity contribution in [2.75, 3.05) is 6.61 Å². The molecule has 100 valence electrons. The Kier molecular flexibility index (Phi) is 4.23. The third kappa shape index (κ3) is 3.02. The van der Waals surface area contributed by atoms with Gasteiger partial charge < -0.3 is 10.1 Å². The average molecular weight is 250 g/mol. The fourth-order valence-corrected chi connectivity index (χ4v) is 2.78. The lowest BCUT2D eigenvalue weighted by atomic mass is 9.78. The van der Waals surface area contributed by atoms with E-state index in [1.807, 2.05) is 0 Å². The Labute approximate surface area is 109 Å². The Bertz CT molecular complexity index is 334. The van der Waals surface area contributed by atoms with Crippen LogP contribution in [0.3, 0.4) is 0 Å². The summed E-state index contributed by atoms with van der Waals surface area (Å²) in [4.78, 5) is 12.1. The Morgan fingerprint density at radius 2 is 2.06 bits per heavy atom. The first-order valence-corrected chi connectivity index (χ1v) is 7.00. The van der Waals surface area contributed by atoms with Gasteiger partial charge in [0.1, 0.15) is 11.6 Å². The molecule has 2 fully saturated rings. The third-order valence-corrected chi connectivity index (χ3v) is 4.18. The van der Waals surface area contributed by atoms with Gasteiger partial charge in [0.2, 0.25) is 5.91 Å². The van der Waals surface area contributed by atoms with Gasteiger partial charge in [-0.25, -0.2) is 0 Å². The van der Waals surface area contributed by atoms with Gasteiger partial charge in [-0.1, -0.05) is 6.92 Å². The molecule has 2 aliphatic rings. The predicted octanol–water partition coefficient (Wildman–Crippen LogP) is 2.14. The lowest BCUT2D eigenvalue weighted by molar-refractivity contribution is -0.137. The summed E-state index contributed by atoms with van der Waals surface area (Å²) in [6, 6.07) is 2.32. The fourth-order valence-electron chi connectivity index (χ4n) is 2.78. The number of nitrogens with one attached hydrogen (secondary N) is 1. The highest BCUT2D eigenvalue weighted by Gasteiger charge is 2.37. The Morgan fingerprint density at radius 3 is 2.61 bits per heavy atom. The highest BCUT2D eigenvalue weighted by atomic mass is 16.5. The second-order valence-corrected chi connectivity index (χ2v) is 5.72. The van der Waals surface area contributed by atoms with Crippen molar-refractivity contribution in [2.24, 2.45) is 5.92 Å². The lowest BCUT2D eigenvalue weighted by Crippen LogP contribution is -2.53. The molecule has 1 amide bonds. The van der Waals surface area contributed by atoms with Crippen LogP contribution >= 0.6 is 0 Å². The van der Waals surface area contributed by atoms with Gasteiger partial charge in [0, 0.05) is 6.61 Å². The summed E-state index contributed by atoms with van der Waals surface area (Å²) in [7, 11) is 0. The van der Waals surface area contributed by atoms with Gasteiger partial charge in [0.05, 0.1) is 6.07 Å². The van der Waals surface area contributed by atoms with E-state index in [-0.39, 0.29) is 12.0 Å². The van der Waals surface area contributed by atoms with Gasteiger partial charge in [0.15, 0.2) is 0 Å². The van der Waals surface area contributed by atoms with Gasteiger partial charge in [0.25, 0.3) is 0 Å². The molecule has 1 atom stereocenters. The van der Waals surface area contributed by atoms with Crippen molar-refractivity contribution in [1.82, 2.24) is 5.32 Å². The molecule has 1 N–H and O–H groups in total. The summed E-state index contributed by atoms with van der Waals surface area (Å²) < 4.78 is 5.47. The summed E-state index contributed by atoms with van der Waals surface area (Å²) in [6.07, 6.45) is 6.07. The van der Waals surface area contributed by atoms with Crippen LogP contribution in [0.4, 0.5) is 0 Å². The molecule has 1 heterocycles. The van der Waals surface area contributed by atoms with Gasteiger partial charge >= 0.3 is 0 Å². The number of carbonyl (C=O) groups is 1. The first kappa shape index (κ1) is 13.4. The molecular formula is C14H22N2O2. The molecule has 1 aliphatic carbocycles. The monoisotopic (exact) mass is 250 g/mol. The molecule has 1 saturated heterocycles. The molecule has 4 heteroatoms. The molecule has 0 aromatic carbocycles. The average Bonchev–Trinajstić information content (AvgIpc) is 2.43. The Hall–Kier alpha value is -1.08. The topological polar surface area (TPSA) is 62.1 Å². The summed E-state index contributed by atoms with van der Waals surface area (Å²) >= 11 is 0. The molecule has 0 aromatic heterocycles.